The molecule has 0 amide bonds. The number of nitriles is 1. The summed E-state index contributed by atoms with van der Waals surface area (Å²) in [6.45, 7) is 2.68. The van der Waals surface area contributed by atoms with Gasteiger partial charge in [-0.3, -0.25) is 4.98 Å². The molecule has 2 heterocycles. The van der Waals surface area contributed by atoms with Crippen molar-refractivity contribution in [3.8, 4) is 17.3 Å². The van der Waals surface area contributed by atoms with E-state index in [4.69, 9.17) is 5.26 Å². The lowest BCUT2D eigenvalue weighted by atomic mass is 10.0. The molecule has 0 spiro atoms. The molecule has 148 valence electrons. The molecular weight excluding hydrogens is 382 g/mol. The molecule has 0 atom stereocenters. The first-order valence-corrected chi connectivity index (χ1v) is 10.0. The Hall–Kier alpha value is -4.30. The Labute approximate surface area is 180 Å². The largest absolute Gasteiger partial charge is 0.366 e. The second kappa shape index (κ2) is 7.85. The molecule has 0 unspecified atom stereocenters. The molecule has 5 heteroatoms. The number of nitrogens with one attached hydrogen (secondary N) is 1. The number of rotatable bonds is 4. The van der Waals surface area contributed by atoms with Crippen LogP contribution < -0.4 is 5.32 Å². The fraction of sp³-hybridized carbons (Fsp3) is 0.0769. The van der Waals surface area contributed by atoms with Crippen molar-refractivity contribution in [2.24, 2.45) is 0 Å². The molecule has 5 aromatic rings. The van der Waals surface area contributed by atoms with E-state index in [2.05, 4.69) is 56.7 Å². The second-order valence-electron chi connectivity index (χ2n) is 7.47. The molecule has 0 aliphatic rings. The Morgan fingerprint density at radius 2 is 1.74 bits per heavy atom. The number of fused-ring (bicyclic) bond motifs is 2. The molecule has 0 aliphatic heterocycles. The lowest BCUT2D eigenvalue weighted by molar-refractivity contribution is 1.06. The van der Waals surface area contributed by atoms with Crippen molar-refractivity contribution in [2.45, 2.75) is 13.5 Å². The molecule has 0 aliphatic carbocycles. The van der Waals surface area contributed by atoms with Crippen LogP contribution in [0.2, 0.25) is 0 Å². The third-order valence-corrected chi connectivity index (χ3v) is 5.45. The molecule has 0 saturated heterocycles. The molecule has 2 aromatic heterocycles. The second-order valence-corrected chi connectivity index (χ2v) is 7.47. The van der Waals surface area contributed by atoms with E-state index in [1.54, 1.807) is 12.5 Å². The zero-order valence-electron chi connectivity index (χ0n) is 17.0. The van der Waals surface area contributed by atoms with Crippen LogP contribution in [-0.4, -0.2) is 15.0 Å². The van der Waals surface area contributed by atoms with Crippen LogP contribution in [-0.2, 0) is 6.54 Å². The maximum atomic E-state index is 9.07. The first-order valence-electron chi connectivity index (χ1n) is 10.0. The van der Waals surface area contributed by atoms with Gasteiger partial charge in [0.2, 0.25) is 0 Å². The Morgan fingerprint density at radius 1 is 0.871 bits per heavy atom. The zero-order chi connectivity index (χ0) is 21.2. The molecular formula is C26H19N5. The van der Waals surface area contributed by atoms with E-state index in [9.17, 15) is 0 Å². The van der Waals surface area contributed by atoms with Gasteiger partial charge in [-0.15, -0.1) is 0 Å². The van der Waals surface area contributed by atoms with Gasteiger partial charge < -0.3 is 5.32 Å². The van der Waals surface area contributed by atoms with Crippen LogP contribution in [0, 0.1) is 18.3 Å². The van der Waals surface area contributed by atoms with Crippen molar-refractivity contribution in [3.05, 3.63) is 95.9 Å². The number of pyridine rings is 1. The highest BCUT2D eigenvalue weighted by Crippen LogP contribution is 2.27. The standard InChI is InChI=1S/C26H19N5/c1-17-25(23-8-9-24-22(13-23)3-2-10-28-24)30-16-31-26(17)29-15-19-5-7-20-11-18(14-27)4-6-21(20)12-19/h2-13,16H,15H2,1H3,(H,29,30,31). The summed E-state index contributed by atoms with van der Waals surface area (Å²) in [5.74, 6) is 0.816. The van der Waals surface area contributed by atoms with E-state index in [0.717, 1.165) is 49.9 Å². The summed E-state index contributed by atoms with van der Waals surface area (Å²) in [6.07, 6.45) is 3.40. The van der Waals surface area contributed by atoms with Gasteiger partial charge in [0.15, 0.2) is 0 Å². The minimum atomic E-state index is 0.648. The Bertz CT molecular complexity index is 1470. The SMILES string of the molecule is Cc1c(NCc2ccc3cc(C#N)ccc3c2)ncnc1-c1ccc2ncccc2c1. The molecule has 5 rings (SSSR count). The fourth-order valence-electron chi connectivity index (χ4n) is 3.80. The predicted octanol–water partition coefficient (Wildman–Crippen LogP) is 5.64. The molecule has 3 aromatic carbocycles. The fourth-order valence-corrected chi connectivity index (χ4v) is 3.80. The van der Waals surface area contributed by atoms with Gasteiger partial charge in [0.05, 0.1) is 22.8 Å². The number of hydrogen-bond donors (Lipinski definition) is 1. The van der Waals surface area contributed by atoms with Gasteiger partial charge in [-0.05, 0) is 59.7 Å². The Kier molecular flexibility index (Phi) is 4.74. The smallest absolute Gasteiger partial charge is 0.133 e. The Morgan fingerprint density at radius 3 is 2.65 bits per heavy atom. The summed E-state index contributed by atoms with van der Waals surface area (Å²) in [5, 5.41) is 15.8. The van der Waals surface area contributed by atoms with Crippen LogP contribution in [0.5, 0.6) is 0 Å². The summed E-state index contributed by atoms with van der Waals surface area (Å²) in [7, 11) is 0. The highest BCUT2D eigenvalue weighted by molar-refractivity contribution is 5.85. The number of anilines is 1. The first-order chi connectivity index (χ1) is 15.2. The molecule has 0 radical (unpaired) electrons. The van der Waals surface area contributed by atoms with E-state index < -0.39 is 0 Å². The predicted molar refractivity (Wildman–Crippen MR) is 123 cm³/mol. The summed E-state index contributed by atoms with van der Waals surface area (Å²) in [4.78, 5) is 13.4. The summed E-state index contributed by atoms with van der Waals surface area (Å²) in [5.41, 5.74) is 5.74. The van der Waals surface area contributed by atoms with Gasteiger partial charge in [-0.25, -0.2) is 9.97 Å². The van der Waals surface area contributed by atoms with Gasteiger partial charge in [-0.1, -0.05) is 30.3 Å². The minimum Gasteiger partial charge on any atom is -0.366 e. The van der Waals surface area contributed by atoms with E-state index in [-0.39, 0.29) is 0 Å². The van der Waals surface area contributed by atoms with Crippen LogP contribution in [0.1, 0.15) is 16.7 Å². The minimum absolute atomic E-state index is 0.648. The topological polar surface area (TPSA) is 74.5 Å². The third kappa shape index (κ3) is 3.67. The van der Waals surface area contributed by atoms with Crippen molar-refractivity contribution < 1.29 is 0 Å². The molecule has 0 bridgehead atoms. The van der Waals surface area contributed by atoms with Gasteiger partial charge >= 0.3 is 0 Å². The lowest BCUT2D eigenvalue weighted by Crippen LogP contribution is -2.05. The zero-order valence-corrected chi connectivity index (χ0v) is 17.0. The number of nitrogens with zero attached hydrogens (tertiary/aromatic N) is 4. The van der Waals surface area contributed by atoms with Crippen LogP contribution >= 0.6 is 0 Å². The van der Waals surface area contributed by atoms with Crippen LogP contribution in [0.15, 0.2) is 79.3 Å². The van der Waals surface area contributed by atoms with Crippen LogP contribution in [0.3, 0.4) is 0 Å². The number of aromatic nitrogens is 3. The van der Waals surface area contributed by atoms with Crippen LogP contribution in [0.4, 0.5) is 5.82 Å². The quantitative estimate of drug-likeness (QED) is 0.422. The Balaban J connectivity index is 1.41. The third-order valence-electron chi connectivity index (χ3n) is 5.45. The van der Waals surface area contributed by atoms with Crippen molar-refractivity contribution >= 4 is 27.5 Å². The van der Waals surface area contributed by atoms with E-state index in [0.29, 0.717) is 12.1 Å². The van der Waals surface area contributed by atoms with Crippen molar-refractivity contribution in [1.82, 2.24) is 15.0 Å². The maximum absolute atomic E-state index is 9.07. The molecule has 1 N–H and O–H groups in total. The van der Waals surface area contributed by atoms with Gasteiger partial charge in [0.1, 0.15) is 12.1 Å². The number of benzene rings is 3. The maximum Gasteiger partial charge on any atom is 0.133 e. The van der Waals surface area contributed by atoms with Crippen LogP contribution in [0.25, 0.3) is 32.9 Å². The highest BCUT2D eigenvalue weighted by Gasteiger charge is 2.10. The van der Waals surface area contributed by atoms with Gasteiger partial charge in [0, 0.05) is 29.3 Å². The van der Waals surface area contributed by atoms with E-state index >= 15 is 0 Å². The monoisotopic (exact) mass is 401 g/mol. The van der Waals surface area contributed by atoms with Crippen molar-refractivity contribution in [1.29, 1.82) is 5.26 Å². The summed E-state index contributed by atoms with van der Waals surface area (Å²) < 4.78 is 0. The lowest BCUT2D eigenvalue weighted by Gasteiger charge is -2.12. The number of hydrogen-bond acceptors (Lipinski definition) is 5. The molecule has 5 nitrogen and oxygen atoms in total. The average molecular weight is 401 g/mol. The summed E-state index contributed by atoms with van der Waals surface area (Å²) in [6, 6.07) is 24.4. The van der Waals surface area contributed by atoms with Crippen molar-refractivity contribution in [2.75, 3.05) is 5.32 Å². The normalized spacial score (nSPS) is 10.8. The highest BCUT2D eigenvalue weighted by atomic mass is 15.0. The van der Waals surface area contributed by atoms with E-state index in [1.165, 1.54) is 0 Å². The molecule has 31 heavy (non-hydrogen) atoms. The van der Waals surface area contributed by atoms with Gasteiger partial charge in [0.25, 0.3) is 0 Å². The summed E-state index contributed by atoms with van der Waals surface area (Å²) >= 11 is 0. The molecule has 0 fully saturated rings. The first kappa shape index (κ1) is 18.7. The van der Waals surface area contributed by atoms with Gasteiger partial charge in [-0.2, -0.15) is 5.26 Å². The molecule has 0 saturated carbocycles. The van der Waals surface area contributed by atoms with Crippen molar-refractivity contribution in [3.63, 3.8) is 0 Å². The average Bonchev–Trinajstić information content (AvgIpc) is 2.82. The van der Waals surface area contributed by atoms with E-state index in [1.807, 2.05) is 43.3 Å².